The summed E-state index contributed by atoms with van der Waals surface area (Å²) in [6.45, 7) is 2.02. The van der Waals surface area contributed by atoms with Crippen LogP contribution in [0.1, 0.15) is 5.56 Å². The summed E-state index contributed by atoms with van der Waals surface area (Å²) in [5.41, 5.74) is 22.0. The molecule has 0 fully saturated rings. The van der Waals surface area contributed by atoms with Crippen LogP contribution in [0.5, 0.6) is 0 Å². The van der Waals surface area contributed by atoms with Crippen LogP contribution in [0, 0.1) is 6.92 Å². The first-order valence-corrected chi connectivity index (χ1v) is 11.9. The number of aryl methyl sites for hydroxylation is 1. The Hall–Kier alpha value is -4.56. The quantitative estimate of drug-likeness (QED) is 0.254. The lowest BCUT2D eigenvalue weighted by Crippen LogP contribution is -2.04. The lowest BCUT2D eigenvalue weighted by Gasteiger charge is -2.04. The minimum absolute atomic E-state index is 0.0478. The Bertz CT molecular complexity index is 1780. The maximum Gasteiger partial charge on any atom is 0.231 e. The average Bonchev–Trinajstić information content (AvgIpc) is 3.52. The summed E-state index contributed by atoms with van der Waals surface area (Å²) in [4.78, 5) is 13.2. The first-order valence-electron chi connectivity index (χ1n) is 10.3. The Morgan fingerprint density at radius 1 is 0.743 bits per heavy atom. The molecule has 4 aromatic heterocycles. The number of nitrogen functional groups attached to an aromatic ring is 3. The molecule has 0 atom stereocenters. The second-order valence-corrected chi connectivity index (χ2v) is 9.55. The van der Waals surface area contributed by atoms with Gasteiger partial charge < -0.3 is 17.2 Å². The number of anilines is 3. The molecule has 0 spiro atoms. The van der Waals surface area contributed by atoms with Crippen molar-refractivity contribution in [2.45, 2.75) is 6.92 Å². The zero-order valence-electron chi connectivity index (χ0n) is 18.1. The van der Waals surface area contributed by atoms with Crippen molar-refractivity contribution >= 4 is 87.8 Å². The summed E-state index contributed by atoms with van der Waals surface area (Å²) in [6, 6.07) is 13.7. The molecule has 6 rings (SSSR count). The third kappa shape index (κ3) is 3.70. The maximum absolute atomic E-state index is 6.29. The number of fused-ring (bicyclic) bond motifs is 3. The molecule has 0 aliphatic heterocycles. The van der Waals surface area contributed by atoms with Crippen molar-refractivity contribution in [1.82, 2.24) is 24.6 Å². The molecular weight excluding hydrogens is 484 g/mol. The first kappa shape index (κ1) is 21.0. The van der Waals surface area contributed by atoms with Crippen LogP contribution < -0.4 is 17.2 Å². The number of nitrogens with zero attached hydrogens (tertiary/aromatic N) is 9. The van der Waals surface area contributed by atoms with Gasteiger partial charge >= 0.3 is 0 Å². The van der Waals surface area contributed by atoms with Crippen molar-refractivity contribution in [2.75, 3.05) is 17.2 Å². The molecule has 2 aromatic carbocycles. The van der Waals surface area contributed by atoms with Gasteiger partial charge in [-0.3, -0.25) is 0 Å². The molecule has 0 radical (unpaired) electrons. The highest BCUT2D eigenvalue weighted by atomic mass is 32.1. The smallest absolute Gasteiger partial charge is 0.231 e. The molecule has 0 aliphatic carbocycles. The number of rotatable bonds is 4. The van der Waals surface area contributed by atoms with Crippen molar-refractivity contribution in [2.24, 2.45) is 20.5 Å². The third-order valence-corrected chi connectivity index (χ3v) is 6.91. The summed E-state index contributed by atoms with van der Waals surface area (Å²) in [7, 11) is 0. The topological polar surface area (TPSA) is 183 Å². The van der Waals surface area contributed by atoms with Crippen LogP contribution in [0.15, 0.2) is 62.9 Å². The molecule has 0 unspecified atom stereocenters. The van der Waals surface area contributed by atoms with Crippen LogP contribution in [-0.4, -0.2) is 24.6 Å². The Morgan fingerprint density at radius 3 is 2.20 bits per heavy atom. The molecule has 172 valence electrons. The van der Waals surface area contributed by atoms with Gasteiger partial charge in [-0.25, -0.2) is 15.0 Å². The lowest BCUT2D eigenvalue weighted by atomic mass is 10.2. The van der Waals surface area contributed by atoms with Gasteiger partial charge in [-0.1, -0.05) is 40.9 Å². The Kier molecular flexibility index (Phi) is 4.82. The molecule has 12 nitrogen and oxygen atoms in total. The molecule has 6 N–H and O–H groups in total. The molecule has 0 bridgehead atoms. The molecule has 35 heavy (non-hydrogen) atoms. The maximum atomic E-state index is 6.29. The zero-order chi connectivity index (χ0) is 24.1. The van der Waals surface area contributed by atoms with Crippen molar-refractivity contribution in [3.05, 3.63) is 48.0 Å². The van der Waals surface area contributed by atoms with Crippen LogP contribution in [-0.2, 0) is 0 Å². The lowest BCUT2D eigenvalue weighted by molar-refractivity contribution is 0.955. The molecule has 0 aliphatic rings. The van der Waals surface area contributed by atoms with Crippen molar-refractivity contribution < 1.29 is 0 Å². The van der Waals surface area contributed by atoms with E-state index in [0.717, 1.165) is 26.0 Å². The largest absolute Gasteiger partial charge is 0.382 e. The number of thiazole rings is 2. The standard InChI is InChI=1S/C21H16N12S2/c1-9-6-7-11-13(8-9)35-21(26-11)31-29-15-17(23)32-33-18(24)14(16(22)27-19(15)33)28-30-20-25-10-4-2-3-5-12(10)34-20/h2-8H,24H2,1H3,(H2,22,27)(H2,23,32). The second kappa shape index (κ2) is 8.03. The molecule has 4 heterocycles. The highest BCUT2D eigenvalue weighted by Crippen LogP contribution is 2.38. The van der Waals surface area contributed by atoms with E-state index in [9.17, 15) is 0 Å². The van der Waals surface area contributed by atoms with E-state index < -0.39 is 0 Å². The molecule has 0 saturated heterocycles. The van der Waals surface area contributed by atoms with Gasteiger partial charge in [0.1, 0.15) is 0 Å². The Morgan fingerprint density at radius 2 is 1.43 bits per heavy atom. The zero-order valence-corrected chi connectivity index (χ0v) is 19.7. The number of hydrogen-bond acceptors (Lipinski definition) is 13. The van der Waals surface area contributed by atoms with Gasteiger partial charge in [0, 0.05) is 0 Å². The number of nitrogens with two attached hydrogens (primary N) is 3. The van der Waals surface area contributed by atoms with Crippen molar-refractivity contribution in [3.8, 4) is 0 Å². The fourth-order valence-electron chi connectivity index (χ4n) is 3.43. The Balaban J connectivity index is 1.36. The van der Waals surface area contributed by atoms with Gasteiger partial charge in [-0.2, -0.15) is 4.52 Å². The molecule has 0 amide bonds. The van der Waals surface area contributed by atoms with Crippen molar-refractivity contribution in [1.29, 1.82) is 0 Å². The molecule has 0 saturated carbocycles. The number of aromatic nitrogens is 5. The van der Waals surface area contributed by atoms with Gasteiger partial charge in [-0.05, 0) is 36.8 Å². The van der Waals surface area contributed by atoms with E-state index in [1.54, 1.807) is 0 Å². The van der Waals surface area contributed by atoms with Crippen LogP contribution in [0.3, 0.4) is 0 Å². The van der Waals surface area contributed by atoms with E-state index >= 15 is 0 Å². The van der Waals surface area contributed by atoms with Crippen LogP contribution in [0.25, 0.3) is 26.1 Å². The van der Waals surface area contributed by atoms with E-state index in [-0.39, 0.29) is 34.5 Å². The summed E-state index contributed by atoms with van der Waals surface area (Å²) in [5.74, 6) is 0.247. The van der Waals surface area contributed by atoms with E-state index in [2.05, 4.69) is 40.5 Å². The highest BCUT2D eigenvalue weighted by molar-refractivity contribution is 7.22. The molecular formula is C21H16N12S2. The van der Waals surface area contributed by atoms with E-state index in [0.29, 0.717) is 10.3 Å². The summed E-state index contributed by atoms with van der Waals surface area (Å²) in [6.07, 6.45) is 0. The molecule has 14 heteroatoms. The minimum atomic E-state index is 0.0478. The van der Waals surface area contributed by atoms with E-state index in [1.165, 1.54) is 27.2 Å². The fourth-order valence-corrected chi connectivity index (χ4v) is 5.11. The number of para-hydroxylation sites is 1. The summed E-state index contributed by atoms with van der Waals surface area (Å²) in [5, 5.41) is 22.0. The Labute approximate surface area is 204 Å². The van der Waals surface area contributed by atoms with E-state index in [4.69, 9.17) is 17.2 Å². The van der Waals surface area contributed by atoms with Gasteiger partial charge in [0.15, 0.2) is 34.5 Å². The summed E-state index contributed by atoms with van der Waals surface area (Å²) >= 11 is 2.81. The molecule has 6 aromatic rings. The normalized spacial score (nSPS) is 12.3. The fraction of sp³-hybridized carbons (Fsp3) is 0.0476. The van der Waals surface area contributed by atoms with Crippen LogP contribution in [0.4, 0.5) is 39.1 Å². The van der Waals surface area contributed by atoms with Crippen molar-refractivity contribution in [3.63, 3.8) is 0 Å². The predicted octanol–water partition coefficient (Wildman–Crippen LogP) is 5.83. The first-order chi connectivity index (χ1) is 17.0. The highest BCUT2D eigenvalue weighted by Gasteiger charge is 2.19. The van der Waals surface area contributed by atoms with Gasteiger partial charge in [0.2, 0.25) is 10.3 Å². The van der Waals surface area contributed by atoms with Gasteiger partial charge in [-0.15, -0.1) is 25.6 Å². The monoisotopic (exact) mass is 500 g/mol. The van der Waals surface area contributed by atoms with Crippen LogP contribution >= 0.6 is 22.7 Å². The van der Waals surface area contributed by atoms with Gasteiger partial charge in [0.05, 0.1) is 20.4 Å². The van der Waals surface area contributed by atoms with Gasteiger partial charge in [0.25, 0.3) is 0 Å². The predicted molar refractivity (Wildman–Crippen MR) is 139 cm³/mol. The second-order valence-electron chi connectivity index (χ2n) is 7.53. The summed E-state index contributed by atoms with van der Waals surface area (Å²) < 4.78 is 3.32. The van der Waals surface area contributed by atoms with E-state index in [1.807, 2.05) is 49.4 Å². The number of benzene rings is 2. The average molecular weight is 501 g/mol. The third-order valence-electron chi connectivity index (χ3n) is 5.09. The number of azo groups is 2. The minimum Gasteiger partial charge on any atom is -0.382 e. The number of hydrogen-bond donors (Lipinski definition) is 3. The van der Waals surface area contributed by atoms with Crippen LogP contribution in [0.2, 0.25) is 0 Å². The SMILES string of the molecule is Cc1ccc2nc(N=Nc3c(N)nn4c(N)c(N=Nc5nc6ccccc6s5)c(N)nc34)sc2c1.